The van der Waals surface area contributed by atoms with E-state index in [2.05, 4.69) is 33.9 Å². The van der Waals surface area contributed by atoms with E-state index < -0.39 is 0 Å². The first-order chi connectivity index (χ1) is 14.1. The summed E-state index contributed by atoms with van der Waals surface area (Å²) in [4.78, 5) is 33.6. The molecule has 6 nitrogen and oxygen atoms in total. The number of carbonyl (C=O) groups is 2. The lowest BCUT2D eigenvalue weighted by Gasteiger charge is -2.41. The lowest BCUT2D eigenvalue weighted by molar-refractivity contribution is -0.134. The van der Waals surface area contributed by atoms with Crippen LogP contribution in [0, 0.1) is 11.8 Å². The van der Waals surface area contributed by atoms with Crippen LogP contribution in [0.4, 0.5) is 0 Å². The summed E-state index contributed by atoms with van der Waals surface area (Å²) in [5.41, 5.74) is 1.04. The van der Waals surface area contributed by atoms with Gasteiger partial charge < -0.3 is 15.1 Å². The molecule has 160 valence electrons. The number of likely N-dealkylation sites (tertiary alicyclic amines) is 2. The quantitative estimate of drug-likeness (QED) is 0.764. The average molecular weight is 401 g/mol. The van der Waals surface area contributed by atoms with Crippen molar-refractivity contribution in [1.82, 2.24) is 20.1 Å². The Hall–Kier alpha value is -1.95. The molecule has 1 aromatic heterocycles. The molecule has 2 aliphatic heterocycles. The maximum Gasteiger partial charge on any atom is 0.223 e. The highest BCUT2D eigenvalue weighted by Crippen LogP contribution is 2.25. The molecule has 0 aromatic carbocycles. The van der Waals surface area contributed by atoms with Crippen molar-refractivity contribution in [3.8, 4) is 0 Å². The molecule has 0 unspecified atom stereocenters. The SMILES string of the molecule is CC[C@@H](C)CC(=O)N1CCC(N2CCC(C(=O)NCc3cccnc3)CC2)CC1. The molecule has 1 N–H and O–H groups in total. The van der Waals surface area contributed by atoms with Crippen molar-refractivity contribution in [2.75, 3.05) is 26.2 Å². The van der Waals surface area contributed by atoms with E-state index in [-0.39, 0.29) is 11.8 Å². The van der Waals surface area contributed by atoms with Gasteiger partial charge in [-0.1, -0.05) is 26.3 Å². The van der Waals surface area contributed by atoms with E-state index in [1.54, 1.807) is 12.4 Å². The van der Waals surface area contributed by atoms with Crippen LogP contribution in [0.1, 0.15) is 57.9 Å². The number of nitrogens with one attached hydrogen (secondary N) is 1. The number of nitrogens with zero attached hydrogens (tertiary/aromatic N) is 3. The fraction of sp³-hybridized carbons (Fsp3) is 0.696. The van der Waals surface area contributed by atoms with Crippen molar-refractivity contribution < 1.29 is 9.59 Å². The molecule has 2 fully saturated rings. The van der Waals surface area contributed by atoms with Crippen LogP contribution >= 0.6 is 0 Å². The van der Waals surface area contributed by atoms with Crippen LogP contribution in [0.5, 0.6) is 0 Å². The van der Waals surface area contributed by atoms with Gasteiger partial charge in [0.1, 0.15) is 0 Å². The first-order valence-corrected chi connectivity index (χ1v) is 11.2. The van der Waals surface area contributed by atoms with E-state index in [0.717, 1.165) is 63.8 Å². The van der Waals surface area contributed by atoms with E-state index in [0.29, 0.717) is 30.8 Å². The third kappa shape index (κ3) is 6.26. The summed E-state index contributed by atoms with van der Waals surface area (Å²) in [5.74, 6) is 1.07. The summed E-state index contributed by atoms with van der Waals surface area (Å²) in [5, 5.41) is 3.06. The largest absolute Gasteiger partial charge is 0.352 e. The lowest BCUT2D eigenvalue weighted by Crippen LogP contribution is -2.50. The second-order valence-electron chi connectivity index (χ2n) is 8.72. The van der Waals surface area contributed by atoms with Gasteiger partial charge in [0.25, 0.3) is 0 Å². The molecule has 29 heavy (non-hydrogen) atoms. The minimum absolute atomic E-state index is 0.111. The molecule has 6 heteroatoms. The normalized spacial score (nSPS) is 20.4. The summed E-state index contributed by atoms with van der Waals surface area (Å²) in [6.45, 7) is 8.58. The zero-order valence-electron chi connectivity index (χ0n) is 18.0. The lowest BCUT2D eigenvalue weighted by atomic mass is 9.92. The Bertz CT molecular complexity index is 650. The summed E-state index contributed by atoms with van der Waals surface area (Å²) in [6, 6.07) is 4.43. The number of pyridine rings is 1. The highest BCUT2D eigenvalue weighted by molar-refractivity contribution is 5.78. The summed E-state index contributed by atoms with van der Waals surface area (Å²) in [6.07, 6.45) is 9.25. The number of amides is 2. The average Bonchev–Trinajstić information content (AvgIpc) is 2.78. The molecular weight excluding hydrogens is 364 g/mol. The standard InChI is InChI=1S/C23H36N4O2/c1-3-18(2)15-22(28)27-13-8-21(9-14-27)26-11-6-20(7-12-26)23(29)25-17-19-5-4-10-24-16-19/h4-5,10,16,18,20-21H,3,6-9,11-15,17H2,1-2H3,(H,25,29)/t18-/m1/s1. The second kappa shape index (κ2) is 10.7. The minimum atomic E-state index is 0.111. The van der Waals surface area contributed by atoms with Crippen molar-refractivity contribution in [3.05, 3.63) is 30.1 Å². The van der Waals surface area contributed by atoms with E-state index in [4.69, 9.17) is 0 Å². The van der Waals surface area contributed by atoms with E-state index in [1.165, 1.54) is 0 Å². The molecule has 0 saturated carbocycles. The zero-order valence-corrected chi connectivity index (χ0v) is 18.0. The molecule has 1 aromatic rings. The van der Waals surface area contributed by atoms with E-state index >= 15 is 0 Å². The maximum absolute atomic E-state index is 12.5. The Balaban J connectivity index is 1.36. The van der Waals surface area contributed by atoms with Gasteiger partial charge in [0.2, 0.25) is 11.8 Å². The minimum Gasteiger partial charge on any atom is -0.352 e. The molecule has 0 bridgehead atoms. The van der Waals surface area contributed by atoms with Crippen molar-refractivity contribution in [2.45, 2.75) is 65.0 Å². The van der Waals surface area contributed by atoms with Gasteiger partial charge >= 0.3 is 0 Å². The number of aromatic nitrogens is 1. The third-order valence-corrected chi connectivity index (χ3v) is 6.64. The van der Waals surface area contributed by atoms with Gasteiger partial charge in [-0.05, 0) is 56.3 Å². The van der Waals surface area contributed by atoms with Gasteiger partial charge in [-0.3, -0.25) is 14.6 Å². The highest BCUT2D eigenvalue weighted by atomic mass is 16.2. The first-order valence-electron chi connectivity index (χ1n) is 11.2. The van der Waals surface area contributed by atoms with Crippen molar-refractivity contribution in [3.63, 3.8) is 0 Å². The van der Waals surface area contributed by atoms with Crippen LogP contribution < -0.4 is 5.32 Å². The summed E-state index contributed by atoms with van der Waals surface area (Å²) >= 11 is 0. The Morgan fingerprint density at radius 2 is 1.90 bits per heavy atom. The topological polar surface area (TPSA) is 65.5 Å². The van der Waals surface area contributed by atoms with E-state index in [9.17, 15) is 9.59 Å². The van der Waals surface area contributed by atoms with Gasteiger partial charge in [0.15, 0.2) is 0 Å². The summed E-state index contributed by atoms with van der Waals surface area (Å²) in [7, 11) is 0. The van der Waals surface area contributed by atoms with Crippen molar-refractivity contribution in [2.24, 2.45) is 11.8 Å². The smallest absolute Gasteiger partial charge is 0.223 e. The molecule has 3 heterocycles. The van der Waals surface area contributed by atoms with Crippen LogP contribution in [0.15, 0.2) is 24.5 Å². The van der Waals surface area contributed by atoms with Crippen LogP contribution in [-0.4, -0.2) is 58.8 Å². The zero-order chi connectivity index (χ0) is 20.6. The van der Waals surface area contributed by atoms with Crippen LogP contribution in [0.3, 0.4) is 0 Å². The van der Waals surface area contributed by atoms with Crippen molar-refractivity contribution in [1.29, 1.82) is 0 Å². The second-order valence-corrected chi connectivity index (χ2v) is 8.72. The highest BCUT2D eigenvalue weighted by Gasteiger charge is 2.31. The fourth-order valence-electron chi connectivity index (χ4n) is 4.41. The predicted molar refractivity (Wildman–Crippen MR) is 114 cm³/mol. The molecule has 2 amide bonds. The van der Waals surface area contributed by atoms with Crippen molar-refractivity contribution >= 4 is 11.8 Å². The van der Waals surface area contributed by atoms with Crippen LogP contribution in [0.2, 0.25) is 0 Å². The Morgan fingerprint density at radius 1 is 1.17 bits per heavy atom. The fourth-order valence-corrected chi connectivity index (χ4v) is 4.41. The number of hydrogen-bond acceptors (Lipinski definition) is 4. The monoisotopic (exact) mass is 400 g/mol. The summed E-state index contributed by atoms with van der Waals surface area (Å²) < 4.78 is 0. The molecule has 0 aliphatic carbocycles. The number of piperidine rings is 2. The van der Waals surface area contributed by atoms with Gasteiger partial charge in [-0.15, -0.1) is 0 Å². The Labute approximate surface area is 175 Å². The molecule has 0 radical (unpaired) electrons. The van der Waals surface area contributed by atoms with Gasteiger partial charge in [0.05, 0.1) is 0 Å². The molecule has 0 spiro atoms. The van der Waals surface area contributed by atoms with Gasteiger partial charge in [0, 0.05) is 50.4 Å². The van der Waals surface area contributed by atoms with Gasteiger partial charge in [-0.2, -0.15) is 0 Å². The molecular formula is C23H36N4O2. The third-order valence-electron chi connectivity index (χ3n) is 6.64. The Morgan fingerprint density at radius 3 is 2.52 bits per heavy atom. The number of hydrogen-bond donors (Lipinski definition) is 1. The Kier molecular flexibility index (Phi) is 8.04. The predicted octanol–water partition coefficient (Wildman–Crippen LogP) is 2.84. The molecule has 1 atom stereocenters. The molecule has 2 aliphatic rings. The first kappa shape index (κ1) is 21.8. The van der Waals surface area contributed by atoms with E-state index in [1.807, 2.05) is 12.1 Å². The van der Waals surface area contributed by atoms with Crippen LogP contribution in [-0.2, 0) is 16.1 Å². The van der Waals surface area contributed by atoms with Gasteiger partial charge in [-0.25, -0.2) is 0 Å². The maximum atomic E-state index is 12.5. The number of rotatable bonds is 7. The van der Waals surface area contributed by atoms with Crippen LogP contribution in [0.25, 0.3) is 0 Å². The molecule has 3 rings (SSSR count). The molecule has 2 saturated heterocycles. The number of carbonyl (C=O) groups excluding carboxylic acids is 2.